The van der Waals surface area contributed by atoms with Crippen molar-refractivity contribution in [1.29, 1.82) is 0 Å². The smallest absolute Gasteiger partial charge is 0.306 e. The highest BCUT2D eigenvalue weighted by molar-refractivity contribution is 5.70. The van der Waals surface area contributed by atoms with Crippen LogP contribution in [0.4, 0.5) is 0 Å². The average molecular weight is 755 g/mol. The van der Waals surface area contributed by atoms with Crippen LogP contribution in [-0.2, 0) is 43.1 Å². The molecule has 8 heteroatoms. The van der Waals surface area contributed by atoms with E-state index in [9.17, 15) is 19.8 Å². The zero-order valence-electron chi connectivity index (χ0n) is 36.0. The zero-order valence-corrected chi connectivity index (χ0v) is 36.0. The molecule has 0 atom stereocenters. The van der Waals surface area contributed by atoms with Gasteiger partial charge in [0.05, 0.1) is 14.2 Å². The fourth-order valence-electron chi connectivity index (χ4n) is 7.15. The summed E-state index contributed by atoms with van der Waals surface area (Å²) in [5.74, 6) is 0.438. The number of benzene rings is 2. The Bertz CT molecular complexity index is 1360. The summed E-state index contributed by atoms with van der Waals surface area (Å²) in [5.41, 5.74) is 3.81. The molecular formula is C46H74O8. The number of hydrogen-bond acceptors (Lipinski definition) is 8. The number of esters is 2. The summed E-state index contributed by atoms with van der Waals surface area (Å²) in [6.07, 6.45) is 12.2. The number of rotatable bonds is 23. The summed E-state index contributed by atoms with van der Waals surface area (Å²) >= 11 is 0. The van der Waals surface area contributed by atoms with Crippen molar-refractivity contribution in [2.24, 2.45) is 10.8 Å². The number of phenols is 2. The highest BCUT2D eigenvalue weighted by Crippen LogP contribution is 2.41. The Hall–Kier alpha value is -3.42. The van der Waals surface area contributed by atoms with Crippen LogP contribution in [0, 0.1) is 10.8 Å². The Morgan fingerprint density at radius 2 is 0.833 bits per heavy atom. The van der Waals surface area contributed by atoms with Gasteiger partial charge in [-0.3, -0.25) is 9.59 Å². The summed E-state index contributed by atoms with van der Waals surface area (Å²) in [4.78, 5) is 25.3. The number of phenolic OH excluding ortho intramolecular Hbond substituents is 2. The van der Waals surface area contributed by atoms with Gasteiger partial charge in [0, 0.05) is 12.8 Å². The largest absolute Gasteiger partial charge is 0.504 e. The maximum Gasteiger partial charge on any atom is 0.306 e. The second-order valence-electron chi connectivity index (χ2n) is 18.9. The lowest BCUT2D eigenvalue weighted by atomic mass is 9.76. The predicted octanol–water partition coefficient (Wildman–Crippen LogP) is 12.0. The van der Waals surface area contributed by atoms with Gasteiger partial charge in [0.15, 0.2) is 23.0 Å². The quantitative estimate of drug-likeness (QED) is 0.0852. The Balaban J connectivity index is 1.77. The molecule has 0 spiro atoms. The maximum atomic E-state index is 12.7. The van der Waals surface area contributed by atoms with Crippen LogP contribution in [0.25, 0.3) is 0 Å². The minimum Gasteiger partial charge on any atom is -0.504 e. The van der Waals surface area contributed by atoms with Gasteiger partial charge in [0.25, 0.3) is 0 Å². The van der Waals surface area contributed by atoms with Crippen molar-refractivity contribution in [3.8, 4) is 23.0 Å². The molecule has 2 rings (SSSR count). The van der Waals surface area contributed by atoms with Crippen molar-refractivity contribution < 1.29 is 38.7 Å². The maximum absolute atomic E-state index is 12.7. The van der Waals surface area contributed by atoms with Gasteiger partial charge in [-0.1, -0.05) is 108 Å². The van der Waals surface area contributed by atoms with Crippen LogP contribution in [0.2, 0.25) is 0 Å². The molecule has 0 unspecified atom stereocenters. The molecule has 0 aliphatic heterocycles. The van der Waals surface area contributed by atoms with E-state index in [0.717, 1.165) is 99.3 Å². The van der Waals surface area contributed by atoms with Gasteiger partial charge in [-0.15, -0.1) is 0 Å². The number of carbonyl (C=O) groups is 2. The van der Waals surface area contributed by atoms with E-state index < -0.39 is 0 Å². The molecule has 2 aromatic rings. The second-order valence-corrected chi connectivity index (χ2v) is 18.9. The summed E-state index contributed by atoms with van der Waals surface area (Å²) in [5, 5.41) is 21.0. The van der Waals surface area contributed by atoms with Crippen molar-refractivity contribution >= 4 is 11.9 Å². The fourth-order valence-corrected chi connectivity index (χ4v) is 7.15. The molecule has 54 heavy (non-hydrogen) atoms. The van der Waals surface area contributed by atoms with Gasteiger partial charge < -0.3 is 29.2 Å². The topological polar surface area (TPSA) is 112 Å². The molecule has 0 saturated carbocycles. The minimum absolute atomic E-state index is 0.0410. The molecule has 306 valence electrons. The normalized spacial score (nSPS) is 12.4. The number of aromatic hydroxyl groups is 2. The first kappa shape index (κ1) is 46.7. The number of hydrogen-bond donors (Lipinski definition) is 2. The van der Waals surface area contributed by atoms with Crippen LogP contribution in [0.5, 0.6) is 23.0 Å². The molecule has 2 N–H and O–H groups in total. The molecule has 8 nitrogen and oxygen atoms in total. The van der Waals surface area contributed by atoms with E-state index in [4.69, 9.17) is 18.9 Å². The molecule has 0 fully saturated rings. The monoisotopic (exact) mass is 755 g/mol. The van der Waals surface area contributed by atoms with Crippen molar-refractivity contribution in [1.82, 2.24) is 0 Å². The highest BCUT2D eigenvalue weighted by Gasteiger charge is 2.28. The second kappa shape index (κ2) is 21.0. The average Bonchev–Trinajstić information content (AvgIpc) is 3.05. The van der Waals surface area contributed by atoms with Crippen molar-refractivity contribution in [2.75, 3.05) is 14.2 Å². The molecule has 0 aromatic heterocycles. The van der Waals surface area contributed by atoms with E-state index in [0.29, 0.717) is 24.3 Å². The third kappa shape index (κ3) is 16.5. The molecule has 0 aliphatic carbocycles. The molecule has 0 aliphatic rings. The van der Waals surface area contributed by atoms with Gasteiger partial charge in [-0.2, -0.15) is 0 Å². The first-order valence-electron chi connectivity index (χ1n) is 20.2. The molecule has 0 heterocycles. The number of methoxy groups -OCH3 is 2. The van der Waals surface area contributed by atoms with Gasteiger partial charge in [-0.05, 0) is 107 Å². The Labute approximate surface area is 327 Å². The minimum atomic E-state index is -0.244. The summed E-state index contributed by atoms with van der Waals surface area (Å²) in [6, 6.07) is 7.10. The third-order valence-corrected chi connectivity index (χ3v) is 10.5. The van der Waals surface area contributed by atoms with Gasteiger partial charge >= 0.3 is 11.9 Å². The fraction of sp³-hybridized carbons (Fsp3) is 0.696. The molecule has 0 amide bonds. The van der Waals surface area contributed by atoms with Crippen LogP contribution in [-0.4, -0.2) is 36.4 Å². The molecule has 0 radical (unpaired) electrons. The Morgan fingerprint density at radius 1 is 0.500 bits per heavy atom. The summed E-state index contributed by atoms with van der Waals surface area (Å²) in [6.45, 7) is 22.5. The van der Waals surface area contributed by atoms with E-state index in [1.165, 1.54) is 0 Å². The first-order valence-corrected chi connectivity index (χ1v) is 20.2. The van der Waals surface area contributed by atoms with E-state index in [1.807, 2.05) is 12.1 Å². The lowest BCUT2D eigenvalue weighted by molar-refractivity contribution is -0.146. The lowest BCUT2D eigenvalue weighted by Gasteiger charge is -2.30. The number of ether oxygens (including phenoxy) is 4. The van der Waals surface area contributed by atoms with E-state index in [2.05, 4.69) is 69.2 Å². The van der Waals surface area contributed by atoms with Crippen LogP contribution in [0.3, 0.4) is 0 Å². The summed E-state index contributed by atoms with van der Waals surface area (Å²) in [7, 11) is 3.09. The van der Waals surface area contributed by atoms with E-state index >= 15 is 0 Å². The Kier molecular flexibility index (Phi) is 18.2. The van der Waals surface area contributed by atoms with Crippen molar-refractivity contribution in [2.45, 2.75) is 183 Å². The van der Waals surface area contributed by atoms with Crippen LogP contribution in [0.15, 0.2) is 24.3 Å². The van der Waals surface area contributed by atoms with Crippen LogP contribution < -0.4 is 9.47 Å². The van der Waals surface area contributed by atoms with Gasteiger partial charge in [-0.25, -0.2) is 0 Å². The predicted molar refractivity (Wildman–Crippen MR) is 219 cm³/mol. The standard InChI is InChI=1S/C46H74O8/c1-43(2,3)23-19-25-45(7,8)35-29-39(51-11)37(47)27-33(35)31-53-41(49)21-17-15-13-14-16-18-22-42(50)54-32-34-28-38(48)40(52-12)30-36(34)46(9,10)26-20-24-44(4,5)6/h27-30,47-48H,13-26,31-32H2,1-12H3. The zero-order chi connectivity index (χ0) is 40.7. The Morgan fingerprint density at radius 3 is 1.15 bits per heavy atom. The SMILES string of the molecule is COc1cc(C(C)(C)CCCC(C)(C)C)c(COC(=O)CCCCCCCCC(=O)OCc2cc(O)c(OC)cc2C(C)(C)CCCC(C)(C)C)cc1O. The highest BCUT2D eigenvalue weighted by atomic mass is 16.5. The number of unbranched alkanes of at least 4 members (excludes halogenated alkanes) is 5. The van der Waals surface area contributed by atoms with Crippen molar-refractivity contribution in [3.05, 3.63) is 46.5 Å². The van der Waals surface area contributed by atoms with E-state index in [1.54, 1.807) is 26.4 Å². The molecule has 0 bridgehead atoms. The summed E-state index contributed by atoms with van der Waals surface area (Å²) < 4.78 is 22.2. The van der Waals surface area contributed by atoms with Gasteiger partial charge in [0.2, 0.25) is 0 Å². The molecular weight excluding hydrogens is 680 g/mol. The molecule has 2 aromatic carbocycles. The van der Waals surface area contributed by atoms with Crippen LogP contribution in [0.1, 0.15) is 181 Å². The van der Waals surface area contributed by atoms with Crippen molar-refractivity contribution in [3.63, 3.8) is 0 Å². The third-order valence-electron chi connectivity index (χ3n) is 10.5. The van der Waals surface area contributed by atoms with Crippen LogP contribution >= 0.6 is 0 Å². The van der Waals surface area contributed by atoms with Gasteiger partial charge in [0.1, 0.15) is 13.2 Å². The van der Waals surface area contributed by atoms with E-state index in [-0.39, 0.29) is 58.3 Å². The molecule has 0 saturated heterocycles. The first-order chi connectivity index (χ1) is 25.1. The number of carbonyl (C=O) groups excluding carboxylic acids is 2. The lowest BCUT2D eigenvalue weighted by Crippen LogP contribution is -2.21.